The average molecular weight is 429 g/mol. The van der Waals surface area contributed by atoms with Crippen LogP contribution in [0.3, 0.4) is 0 Å². The second-order valence-electron chi connectivity index (χ2n) is 1.50. The van der Waals surface area contributed by atoms with Gasteiger partial charge in [-0.2, -0.15) is 0 Å². The molecule has 16 heteroatoms. The van der Waals surface area contributed by atoms with Crippen molar-refractivity contribution in [2.45, 2.75) is 0 Å². The van der Waals surface area contributed by atoms with E-state index in [1.54, 1.807) is 0 Å². The fourth-order valence-electron chi connectivity index (χ4n) is 0. The zero-order chi connectivity index (χ0) is 13.5. The predicted molar refractivity (Wildman–Crippen MR) is 44.1 cm³/mol. The summed E-state index contributed by atoms with van der Waals surface area (Å²) in [6.07, 6.45) is 0. The van der Waals surface area contributed by atoms with Crippen LogP contribution in [0.2, 0.25) is 0 Å². The van der Waals surface area contributed by atoms with E-state index in [2.05, 4.69) is 0 Å². The molecule has 0 aromatic rings. The molecular weight excluding hydrogens is 422 g/mol. The predicted octanol–water partition coefficient (Wildman–Crippen LogP) is -4.43. The summed E-state index contributed by atoms with van der Waals surface area (Å²) < 4.78 is 26.4. The minimum Gasteiger partial charge on any atom is -0.790 e. The van der Waals surface area contributed by atoms with Crippen LogP contribution in [-0.4, -0.2) is 83.1 Å². The molecule has 0 fully saturated rings. The van der Waals surface area contributed by atoms with Crippen LogP contribution in [0.1, 0.15) is 0 Å². The second kappa shape index (κ2) is 10.8. The Balaban J connectivity index is -0.0000000655. The third-order valence-corrected chi connectivity index (χ3v) is 0. The van der Waals surface area contributed by atoms with Gasteiger partial charge in [0.25, 0.3) is 0 Å². The molecule has 12 nitrogen and oxygen atoms in total. The Bertz CT molecular complexity index is 202. The Morgan fingerprint density at radius 1 is 0.625 bits per heavy atom. The first-order valence-electron chi connectivity index (χ1n) is 2.31. The van der Waals surface area contributed by atoms with Gasteiger partial charge in [-0.15, -0.1) is 0 Å². The Kier molecular flexibility index (Phi) is 17.8. The van der Waals surface area contributed by atoms with Crippen molar-refractivity contribution in [2.24, 2.45) is 0 Å². The molecule has 7 N–H and O–H groups in total. The van der Waals surface area contributed by atoms with Crippen LogP contribution in [0.25, 0.3) is 0 Å². The number of rotatable bonds is 0. The van der Waals surface area contributed by atoms with Crippen molar-refractivity contribution >= 4 is 72.3 Å². The van der Waals surface area contributed by atoms with Gasteiger partial charge < -0.3 is 48.6 Å². The number of phosphoric acid groups is 3. The first-order chi connectivity index (χ1) is 6.00. The Hall–Kier alpha value is 1.90. The number of hydrogen-bond donors (Lipinski definition) is 7. The Labute approximate surface area is 129 Å². The molecule has 0 radical (unpaired) electrons. The van der Waals surface area contributed by atoms with Crippen molar-refractivity contribution in [1.82, 2.24) is 0 Å². The molecule has 96 valence electrons. The standard InChI is InChI=1S/Ba.3H3O4P/c;3*1-5(2,3)4/h;3*(H3,1,2,3,4)/q+2;;;/p-2. The summed E-state index contributed by atoms with van der Waals surface area (Å²) in [5.41, 5.74) is 0. The summed E-state index contributed by atoms with van der Waals surface area (Å²) >= 11 is 0. The summed E-state index contributed by atoms with van der Waals surface area (Å²) in [4.78, 5) is 67.4. The topological polar surface area (TPSA) is 239 Å². The smallest absolute Gasteiger partial charge is 0.790 e. The van der Waals surface area contributed by atoms with Gasteiger partial charge in [0.05, 0.1) is 7.82 Å². The molecule has 0 heterocycles. The van der Waals surface area contributed by atoms with Gasteiger partial charge in [0.2, 0.25) is 0 Å². The fourth-order valence-corrected chi connectivity index (χ4v) is 0. The van der Waals surface area contributed by atoms with E-state index in [1.165, 1.54) is 0 Å². The van der Waals surface area contributed by atoms with E-state index in [0.29, 0.717) is 0 Å². The molecule has 0 aliphatic rings. The van der Waals surface area contributed by atoms with E-state index < -0.39 is 23.5 Å². The van der Waals surface area contributed by atoms with E-state index in [9.17, 15) is 0 Å². The first-order valence-corrected chi connectivity index (χ1v) is 6.94. The van der Waals surface area contributed by atoms with Crippen LogP contribution in [0.5, 0.6) is 0 Å². The molecular formula is H7BaO12P3. The van der Waals surface area contributed by atoms with Crippen LogP contribution in [0.4, 0.5) is 0 Å². The zero-order valence-electron chi connectivity index (χ0n) is 7.22. The van der Waals surface area contributed by atoms with E-state index in [1.807, 2.05) is 0 Å². The molecule has 0 bridgehead atoms. The summed E-state index contributed by atoms with van der Waals surface area (Å²) in [6, 6.07) is 0. The summed E-state index contributed by atoms with van der Waals surface area (Å²) in [5, 5.41) is 0. The van der Waals surface area contributed by atoms with E-state index in [4.69, 9.17) is 57.7 Å². The monoisotopic (exact) mass is 430 g/mol. The average Bonchev–Trinajstić information content (AvgIpc) is 1.41. The minimum absolute atomic E-state index is 0. The molecule has 0 amide bonds. The third-order valence-electron chi connectivity index (χ3n) is 0. The van der Waals surface area contributed by atoms with Crippen molar-refractivity contribution in [3.05, 3.63) is 0 Å². The van der Waals surface area contributed by atoms with Gasteiger partial charge in [-0.05, 0) is 0 Å². The molecule has 0 unspecified atom stereocenters. The molecule has 0 aromatic carbocycles. The van der Waals surface area contributed by atoms with Crippen LogP contribution < -0.4 is 9.79 Å². The molecule has 16 heavy (non-hydrogen) atoms. The maximum absolute atomic E-state index is 8.88. The molecule has 0 saturated heterocycles. The van der Waals surface area contributed by atoms with Gasteiger partial charge in [-0.1, -0.05) is 0 Å². The molecule has 0 aromatic heterocycles. The van der Waals surface area contributed by atoms with Crippen molar-refractivity contribution in [2.75, 3.05) is 0 Å². The molecule has 0 spiro atoms. The third kappa shape index (κ3) is 977. The minimum atomic E-state index is -5.14. The van der Waals surface area contributed by atoms with Crippen molar-refractivity contribution < 1.29 is 57.7 Å². The van der Waals surface area contributed by atoms with Crippen LogP contribution >= 0.6 is 23.5 Å². The normalized spacial score (nSPS) is 11.1. The molecule has 0 saturated carbocycles. The maximum Gasteiger partial charge on any atom is 2.00 e. The van der Waals surface area contributed by atoms with Gasteiger partial charge >= 0.3 is 64.5 Å². The first kappa shape index (κ1) is 26.5. The van der Waals surface area contributed by atoms with Crippen molar-refractivity contribution in [1.29, 1.82) is 0 Å². The SMILES string of the molecule is O=P(O)(O)O.O=P(O)(O)O.O=P([O-])([O-])O.[Ba+2]. The van der Waals surface area contributed by atoms with Crippen LogP contribution in [0.15, 0.2) is 0 Å². The molecule has 0 atom stereocenters. The Morgan fingerprint density at radius 3 is 0.625 bits per heavy atom. The van der Waals surface area contributed by atoms with E-state index >= 15 is 0 Å². The van der Waals surface area contributed by atoms with Gasteiger partial charge in [0.15, 0.2) is 0 Å². The van der Waals surface area contributed by atoms with Crippen LogP contribution in [-0.2, 0) is 13.7 Å². The maximum atomic E-state index is 8.88. The molecule has 0 aliphatic carbocycles. The molecule has 0 aliphatic heterocycles. The van der Waals surface area contributed by atoms with Crippen LogP contribution in [0, 0.1) is 0 Å². The summed E-state index contributed by atoms with van der Waals surface area (Å²) in [7, 11) is -14.4. The van der Waals surface area contributed by atoms with Gasteiger partial charge in [-0.3, -0.25) is 0 Å². The Morgan fingerprint density at radius 2 is 0.625 bits per heavy atom. The van der Waals surface area contributed by atoms with E-state index in [-0.39, 0.29) is 48.9 Å². The largest absolute Gasteiger partial charge is 2.00 e. The summed E-state index contributed by atoms with van der Waals surface area (Å²) in [6.45, 7) is 0. The van der Waals surface area contributed by atoms with Gasteiger partial charge in [0.1, 0.15) is 0 Å². The van der Waals surface area contributed by atoms with Crippen molar-refractivity contribution in [3.63, 3.8) is 0 Å². The zero-order valence-corrected chi connectivity index (χ0v) is 14.3. The molecule has 0 rings (SSSR count). The van der Waals surface area contributed by atoms with Gasteiger partial charge in [-0.25, -0.2) is 9.13 Å². The fraction of sp³-hybridized carbons (Fsp3) is 0. The second-order valence-corrected chi connectivity index (χ2v) is 4.49. The summed E-state index contributed by atoms with van der Waals surface area (Å²) in [5.74, 6) is 0. The van der Waals surface area contributed by atoms with E-state index in [0.717, 1.165) is 0 Å². The number of hydrogen-bond acceptors (Lipinski definition) is 5. The van der Waals surface area contributed by atoms with Gasteiger partial charge in [0, 0.05) is 0 Å². The van der Waals surface area contributed by atoms with Crippen molar-refractivity contribution in [3.8, 4) is 0 Å². The quantitative estimate of drug-likeness (QED) is 0.143.